The summed E-state index contributed by atoms with van der Waals surface area (Å²) in [5.74, 6) is 0.441. The van der Waals surface area contributed by atoms with Crippen LogP contribution in [0.25, 0.3) is 0 Å². The fourth-order valence-electron chi connectivity index (χ4n) is 2.50. The van der Waals surface area contributed by atoms with E-state index in [9.17, 15) is 9.59 Å². The Morgan fingerprint density at radius 1 is 1.43 bits per heavy atom. The summed E-state index contributed by atoms with van der Waals surface area (Å²) < 4.78 is 1.56. The molecular weight excluding hydrogens is 334 g/mol. The number of nitrogens with zero attached hydrogens (tertiary/aromatic N) is 2. The zero-order valence-corrected chi connectivity index (χ0v) is 14.2. The van der Waals surface area contributed by atoms with Crippen LogP contribution in [-0.4, -0.2) is 27.3 Å². The first-order valence-electron chi connectivity index (χ1n) is 7.32. The topological polar surface area (TPSA) is 64.0 Å². The van der Waals surface area contributed by atoms with E-state index in [1.165, 1.54) is 18.0 Å². The fraction of sp³-hybridized carbons (Fsp3) is 0.312. The monoisotopic (exact) mass is 349 g/mol. The molecule has 5 nitrogen and oxygen atoms in total. The molecule has 0 spiro atoms. The number of thioether (sulfide) groups is 1. The van der Waals surface area contributed by atoms with E-state index in [2.05, 4.69) is 10.3 Å². The summed E-state index contributed by atoms with van der Waals surface area (Å²) >= 11 is 7.39. The quantitative estimate of drug-likeness (QED) is 0.861. The van der Waals surface area contributed by atoms with Gasteiger partial charge in [-0.3, -0.25) is 14.2 Å². The van der Waals surface area contributed by atoms with E-state index in [4.69, 9.17) is 11.6 Å². The van der Waals surface area contributed by atoms with Crippen molar-refractivity contribution in [2.24, 2.45) is 0 Å². The van der Waals surface area contributed by atoms with E-state index in [0.29, 0.717) is 23.1 Å². The van der Waals surface area contributed by atoms with Gasteiger partial charge in [0.15, 0.2) is 5.16 Å². The number of carbonyl (C=O) groups is 1. The van der Waals surface area contributed by atoms with E-state index >= 15 is 0 Å². The zero-order valence-electron chi connectivity index (χ0n) is 12.6. The third-order valence-electron chi connectivity index (χ3n) is 3.63. The van der Waals surface area contributed by atoms with Gasteiger partial charge in [-0.05, 0) is 31.0 Å². The molecule has 120 valence electrons. The molecular formula is C16H16ClN3O2S. The second-order valence-corrected chi connectivity index (χ2v) is 6.96. The van der Waals surface area contributed by atoms with Crippen LogP contribution in [0.15, 0.2) is 40.4 Å². The first-order valence-corrected chi connectivity index (χ1v) is 8.69. The van der Waals surface area contributed by atoms with Crippen LogP contribution < -0.4 is 10.9 Å². The molecule has 0 fully saturated rings. The predicted molar refractivity (Wildman–Crippen MR) is 91.3 cm³/mol. The van der Waals surface area contributed by atoms with Crippen molar-refractivity contribution in [1.29, 1.82) is 0 Å². The van der Waals surface area contributed by atoms with E-state index < -0.39 is 0 Å². The van der Waals surface area contributed by atoms with Gasteiger partial charge in [-0.15, -0.1) is 0 Å². The molecule has 1 aromatic heterocycles. The highest BCUT2D eigenvalue weighted by Gasteiger charge is 2.20. The highest BCUT2D eigenvalue weighted by atomic mass is 35.5. The van der Waals surface area contributed by atoms with Crippen molar-refractivity contribution >= 4 is 29.3 Å². The lowest BCUT2D eigenvalue weighted by Gasteiger charge is -2.14. The normalized spacial score (nSPS) is 14.3. The van der Waals surface area contributed by atoms with Crippen molar-refractivity contribution in [3.63, 3.8) is 0 Å². The standard InChI is InChI=1S/C16H16ClN3O2S/c1-10(8-11-2-4-12(17)5-3-11)19-14(21)13-9-18-16-20(15(13)22)6-7-23-16/h2-5,9-10H,6-8H2,1H3,(H,19,21). The van der Waals surface area contributed by atoms with Gasteiger partial charge in [0.2, 0.25) is 0 Å². The molecule has 1 aliphatic heterocycles. The van der Waals surface area contributed by atoms with Gasteiger partial charge in [0.25, 0.3) is 11.5 Å². The largest absolute Gasteiger partial charge is 0.349 e. The van der Waals surface area contributed by atoms with Crippen LogP contribution in [0.4, 0.5) is 0 Å². The average molecular weight is 350 g/mol. The number of hydrogen-bond donors (Lipinski definition) is 1. The minimum atomic E-state index is -0.379. The molecule has 0 saturated heterocycles. The molecule has 3 rings (SSSR count). The maximum absolute atomic E-state index is 12.3. The van der Waals surface area contributed by atoms with Crippen LogP contribution in [0, 0.1) is 0 Å². The fourth-order valence-corrected chi connectivity index (χ4v) is 3.54. The third-order valence-corrected chi connectivity index (χ3v) is 4.86. The van der Waals surface area contributed by atoms with Crippen LogP contribution >= 0.6 is 23.4 Å². The molecule has 2 aromatic rings. The lowest BCUT2D eigenvalue weighted by atomic mass is 10.1. The van der Waals surface area contributed by atoms with Gasteiger partial charge in [-0.1, -0.05) is 35.5 Å². The third kappa shape index (κ3) is 3.59. The van der Waals surface area contributed by atoms with Crippen molar-refractivity contribution in [1.82, 2.24) is 14.9 Å². The van der Waals surface area contributed by atoms with Gasteiger partial charge in [-0.2, -0.15) is 0 Å². The second-order valence-electron chi connectivity index (χ2n) is 5.46. The molecule has 1 aliphatic rings. The minimum absolute atomic E-state index is 0.0965. The van der Waals surface area contributed by atoms with Crippen LogP contribution in [0.1, 0.15) is 22.8 Å². The SMILES string of the molecule is CC(Cc1ccc(Cl)cc1)NC(=O)c1cnc2n(c1=O)CCS2. The lowest BCUT2D eigenvalue weighted by molar-refractivity contribution is 0.0937. The van der Waals surface area contributed by atoms with Crippen molar-refractivity contribution in [3.8, 4) is 0 Å². The van der Waals surface area contributed by atoms with Crippen LogP contribution in [-0.2, 0) is 13.0 Å². The van der Waals surface area contributed by atoms with Crippen molar-refractivity contribution in [2.45, 2.75) is 31.1 Å². The van der Waals surface area contributed by atoms with E-state index in [1.54, 1.807) is 4.57 Å². The number of amides is 1. The lowest BCUT2D eigenvalue weighted by Crippen LogP contribution is -2.38. The first kappa shape index (κ1) is 16.1. The number of aromatic nitrogens is 2. The molecule has 1 amide bonds. The second kappa shape index (κ2) is 6.76. The molecule has 1 unspecified atom stereocenters. The molecule has 1 atom stereocenters. The van der Waals surface area contributed by atoms with E-state index in [1.807, 2.05) is 31.2 Å². The molecule has 1 aromatic carbocycles. The van der Waals surface area contributed by atoms with E-state index in [-0.39, 0.29) is 23.1 Å². The minimum Gasteiger partial charge on any atom is -0.349 e. The zero-order chi connectivity index (χ0) is 16.4. The highest BCUT2D eigenvalue weighted by molar-refractivity contribution is 7.99. The Morgan fingerprint density at radius 2 is 2.17 bits per heavy atom. The van der Waals surface area contributed by atoms with E-state index in [0.717, 1.165) is 11.3 Å². The van der Waals surface area contributed by atoms with Crippen LogP contribution in [0.3, 0.4) is 0 Å². The number of hydrogen-bond acceptors (Lipinski definition) is 4. The summed E-state index contributed by atoms with van der Waals surface area (Å²) in [7, 11) is 0. The van der Waals surface area contributed by atoms with Crippen molar-refractivity contribution in [2.75, 3.05) is 5.75 Å². The molecule has 23 heavy (non-hydrogen) atoms. The number of carbonyl (C=O) groups excluding carboxylic acids is 1. The van der Waals surface area contributed by atoms with Gasteiger partial charge in [0.05, 0.1) is 0 Å². The predicted octanol–water partition coefficient (Wildman–Crippen LogP) is 2.36. The summed E-state index contributed by atoms with van der Waals surface area (Å²) in [5.41, 5.74) is 0.901. The maximum Gasteiger partial charge on any atom is 0.267 e. The Kier molecular flexibility index (Phi) is 4.73. The molecule has 0 radical (unpaired) electrons. The highest BCUT2D eigenvalue weighted by Crippen LogP contribution is 2.20. The summed E-state index contributed by atoms with van der Waals surface area (Å²) in [6.45, 7) is 2.51. The van der Waals surface area contributed by atoms with Crippen molar-refractivity contribution < 1.29 is 4.79 Å². The molecule has 2 heterocycles. The number of benzene rings is 1. The molecule has 7 heteroatoms. The summed E-state index contributed by atoms with van der Waals surface area (Å²) in [6.07, 6.45) is 2.04. The molecule has 0 saturated carbocycles. The number of halogens is 1. The Labute approximate surface area is 143 Å². The smallest absolute Gasteiger partial charge is 0.267 e. The summed E-state index contributed by atoms with van der Waals surface area (Å²) in [5, 5.41) is 4.22. The van der Waals surface area contributed by atoms with Gasteiger partial charge >= 0.3 is 0 Å². The van der Waals surface area contributed by atoms with Crippen LogP contribution in [0.2, 0.25) is 5.02 Å². The Morgan fingerprint density at radius 3 is 2.91 bits per heavy atom. The molecule has 0 aliphatic carbocycles. The average Bonchev–Trinajstić information content (AvgIpc) is 2.99. The summed E-state index contributed by atoms with van der Waals surface area (Å²) in [4.78, 5) is 28.8. The number of nitrogens with one attached hydrogen (secondary N) is 1. The van der Waals surface area contributed by atoms with Crippen LogP contribution in [0.5, 0.6) is 0 Å². The van der Waals surface area contributed by atoms with Gasteiger partial charge in [0, 0.05) is 29.6 Å². The number of rotatable bonds is 4. The summed E-state index contributed by atoms with van der Waals surface area (Å²) in [6, 6.07) is 7.39. The number of fused-ring (bicyclic) bond motifs is 1. The Balaban J connectivity index is 1.69. The van der Waals surface area contributed by atoms with Gasteiger partial charge < -0.3 is 5.32 Å². The first-order chi connectivity index (χ1) is 11.0. The molecule has 1 N–H and O–H groups in total. The Hall–Kier alpha value is -1.79. The van der Waals surface area contributed by atoms with Gasteiger partial charge in [0.1, 0.15) is 5.56 Å². The Bertz CT molecular complexity index is 789. The maximum atomic E-state index is 12.3. The van der Waals surface area contributed by atoms with Crippen molar-refractivity contribution in [3.05, 3.63) is 57.0 Å². The molecule has 0 bridgehead atoms. The van der Waals surface area contributed by atoms with Gasteiger partial charge in [-0.25, -0.2) is 4.98 Å².